The number of aromatic nitrogens is 3. The molecule has 0 fully saturated rings. The van der Waals surface area contributed by atoms with Gasteiger partial charge in [-0.1, -0.05) is 48.5 Å². The quantitative estimate of drug-likeness (QED) is 0.368. The number of ether oxygens (including phenoxy) is 1. The molecule has 2 unspecified atom stereocenters. The van der Waals surface area contributed by atoms with Gasteiger partial charge in [-0.15, -0.1) is 0 Å². The van der Waals surface area contributed by atoms with E-state index >= 15 is 0 Å². The number of amides is 1. The second-order valence-electron chi connectivity index (χ2n) is 7.05. The lowest BCUT2D eigenvalue weighted by molar-refractivity contribution is 0.105. The fourth-order valence-electron chi connectivity index (χ4n) is 3.05. The largest absolute Gasteiger partial charge is 0.475 e. The highest BCUT2D eigenvalue weighted by Gasteiger charge is 2.27. The molecule has 32 heavy (non-hydrogen) atoms. The van der Waals surface area contributed by atoms with E-state index in [0.29, 0.717) is 5.56 Å². The third-order valence-electron chi connectivity index (χ3n) is 4.71. The Bertz CT molecular complexity index is 1100. The summed E-state index contributed by atoms with van der Waals surface area (Å²) < 4.78 is 6.78. The molecule has 0 bridgehead atoms. The summed E-state index contributed by atoms with van der Waals surface area (Å²) in [6.07, 6.45) is 3.26. The topological polar surface area (TPSA) is 133 Å². The van der Waals surface area contributed by atoms with Crippen LogP contribution in [-0.4, -0.2) is 44.0 Å². The van der Waals surface area contributed by atoms with Gasteiger partial charge < -0.3 is 20.1 Å². The van der Waals surface area contributed by atoms with E-state index in [1.54, 1.807) is 31.2 Å². The Labute approximate surface area is 185 Å². The van der Waals surface area contributed by atoms with E-state index in [9.17, 15) is 20.1 Å². The van der Waals surface area contributed by atoms with Crippen LogP contribution in [-0.2, 0) is 11.2 Å². The molecule has 0 saturated carbocycles. The molecule has 10 heteroatoms. The molecule has 0 radical (unpaired) electrons. The second-order valence-corrected chi connectivity index (χ2v) is 7.05. The number of allylic oxidation sites excluding steroid dienone is 1. The van der Waals surface area contributed by atoms with Crippen LogP contribution in [0.4, 0.5) is 4.79 Å². The number of nitrogens with one attached hydrogen (secondary N) is 1. The van der Waals surface area contributed by atoms with Crippen molar-refractivity contribution >= 4 is 25.0 Å². The normalized spacial score (nSPS) is 13.0. The average Bonchev–Trinajstić information content (AvgIpc) is 3.32. The summed E-state index contributed by atoms with van der Waals surface area (Å²) >= 11 is 0. The molecular formula is C22H22BN5O4. The van der Waals surface area contributed by atoms with Gasteiger partial charge in [0, 0.05) is 0 Å². The SMILES string of the molecule is CC(OC(=O)NC(Cc1ccccc1)B(O)O)c1cccc(C=C(C#N)n2cncn2)c1. The Hall–Kier alpha value is -3.94. The smallest absolute Gasteiger partial charge is 0.442 e. The number of carbonyl (C=O) groups excluding carboxylic acids is 1. The fraction of sp³-hybridized carbons (Fsp3) is 0.182. The highest BCUT2D eigenvalue weighted by atomic mass is 16.6. The summed E-state index contributed by atoms with van der Waals surface area (Å²) in [4.78, 5) is 16.2. The van der Waals surface area contributed by atoms with Crippen molar-refractivity contribution in [3.63, 3.8) is 0 Å². The van der Waals surface area contributed by atoms with E-state index in [2.05, 4.69) is 21.5 Å². The highest BCUT2D eigenvalue weighted by Crippen LogP contribution is 2.20. The summed E-state index contributed by atoms with van der Waals surface area (Å²) in [6.45, 7) is 1.70. The number of carbonyl (C=O) groups is 1. The predicted octanol–water partition coefficient (Wildman–Crippen LogP) is 2.21. The van der Waals surface area contributed by atoms with Gasteiger partial charge in [-0.3, -0.25) is 0 Å². The van der Waals surface area contributed by atoms with E-state index in [4.69, 9.17) is 4.74 Å². The molecule has 1 heterocycles. The lowest BCUT2D eigenvalue weighted by Gasteiger charge is -2.20. The van der Waals surface area contributed by atoms with Gasteiger partial charge in [-0.25, -0.2) is 14.5 Å². The molecule has 9 nitrogen and oxygen atoms in total. The number of hydrogen-bond donors (Lipinski definition) is 3. The third kappa shape index (κ3) is 6.28. The molecule has 1 amide bonds. The molecule has 0 aliphatic heterocycles. The van der Waals surface area contributed by atoms with Crippen molar-refractivity contribution in [3.8, 4) is 6.07 Å². The van der Waals surface area contributed by atoms with E-state index in [1.807, 2.05) is 36.4 Å². The van der Waals surface area contributed by atoms with Crippen LogP contribution in [0, 0.1) is 11.3 Å². The molecule has 0 aliphatic rings. The van der Waals surface area contributed by atoms with Gasteiger partial charge in [0.05, 0.1) is 5.94 Å². The number of alkyl carbamates (subject to hydrolysis) is 1. The van der Waals surface area contributed by atoms with E-state index < -0.39 is 25.3 Å². The molecule has 2 aromatic carbocycles. The lowest BCUT2D eigenvalue weighted by atomic mass is 9.76. The molecular weight excluding hydrogens is 409 g/mol. The van der Waals surface area contributed by atoms with Crippen LogP contribution in [0.3, 0.4) is 0 Å². The molecule has 0 aliphatic carbocycles. The monoisotopic (exact) mass is 431 g/mol. The Kier molecular flexibility index (Phi) is 7.75. The van der Waals surface area contributed by atoms with E-state index in [1.165, 1.54) is 17.3 Å². The summed E-state index contributed by atoms with van der Waals surface area (Å²) in [5.74, 6) is -0.924. The first-order valence-corrected chi connectivity index (χ1v) is 9.90. The van der Waals surface area contributed by atoms with Crippen LogP contribution >= 0.6 is 0 Å². The van der Waals surface area contributed by atoms with Gasteiger partial charge in [0.25, 0.3) is 0 Å². The van der Waals surface area contributed by atoms with Gasteiger partial charge in [-0.2, -0.15) is 10.4 Å². The maximum Gasteiger partial charge on any atom is 0.475 e. The first kappa shape index (κ1) is 22.7. The molecule has 1 aromatic heterocycles. The maximum absolute atomic E-state index is 12.4. The van der Waals surface area contributed by atoms with Crippen molar-refractivity contribution in [3.05, 3.63) is 83.9 Å². The van der Waals surface area contributed by atoms with Crippen molar-refractivity contribution in [2.24, 2.45) is 0 Å². The number of rotatable bonds is 8. The van der Waals surface area contributed by atoms with Crippen LogP contribution in [0.2, 0.25) is 0 Å². The third-order valence-corrected chi connectivity index (χ3v) is 4.71. The predicted molar refractivity (Wildman–Crippen MR) is 118 cm³/mol. The zero-order chi connectivity index (χ0) is 22.9. The number of nitriles is 1. The van der Waals surface area contributed by atoms with Gasteiger partial charge in [0.15, 0.2) is 0 Å². The molecule has 3 N–H and O–H groups in total. The minimum atomic E-state index is -1.74. The van der Waals surface area contributed by atoms with Crippen molar-refractivity contribution < 1.29 is 19.6 Å². The lowest BCUT2D eigenvalue weighted by Crippen LogP contribution is -2.48. The van der Waals surface area contributed by atoms with Gasteiger partial charge in [0.2, 0.25) is 0 Å². The summed E-state index contributed by atoms with van der Waals surface area (Å²) in [5.41, 5.74) is 2.55. The van der Waals surface area contributed by atoms with Crippen LogP contribution in [0.1, 0.15) is 29.7 Å². The van der Waals surface area contributed by atoms with Crippen LogP contribution in [0.15, 0.2) is 67.3 Å². The average molecular weight is 431 g/mol. The van der Waals surface area contributed by atoms with Gasteiger partial charge >= 0.3 is 13.2 Å². The molecule has 3 rings (SSSR count). The summed E-state index contributed by atoms with van der Waals surface area (Å²) in [5, 5.41) is 35.1. The minimum Gasteiger partial charge on any atom is -0.442 e. The number of benzene rings is 2. The number of hydrogen-bond acceptors (Lipinski definition) is 7. The van der Waals surface area contributed by atoms with Crippen LogP contribution < -0.4 is 5.32 Å². The first-order valence-electron chi connectivity index (χ1n) is 9.90. The zero-order valence-corrected chi connectivity index (χ0v) is 17.4. The van der Waals surface area contributed by atoms with Gasteiger partial charge in [-0.05, 0) is 42.2 Å². The zero-order valence-electron chi connectivity index (χ0n) is 17.4. The molecule has 0 spiro atoms. The van der Waals surface area contributed by atoms with E-state index in [-0.39, 0.29) is 12.1 Å². The highest BCUT2D eigenvalue weighted by molar-refractivity contribution is 6.43. The molecule has 162 valence electrons. The van der Waals surface area contributed by atoms with Crippen LogP contribution in [0.25, 0.3) is 11.8 Å². The Balaban J connectivity index is 1.66. The van der Waals surface area contributed by atoms with Crippen molar-refractivity contribution in [1.82, 2.24) is 20.1 Å². The maximum atomic E-state index is 12.4. The van der Waals surface area contributed by atoms with E-state index in [0.717, 1.165) is 11.1 Å². The van der Waals surface area contributed by atoms with Gasteiger partial charge in [0.1, 0.15) is 30.5 Å². The standard InChI is InChI=1S/C22H22BN5O4/c1-16(32-22(29)27-21(23(30)31)12-17-6-3-2-4-7-17)19-9-5-8-18(10-19)11-20(13-24)28-15-25-14-26-28/h2-11,14-16,21,30-31H,12H2,1H3,(H,27,29). The number of nitrogens with zero attached hydrogens (tertiary/aromatic N) is 4. The minimum absolute atomic E-state index is 0.238. The summed E-state index contributed by atoms with van der Waals surface area (Å²) in [7, 11) is -1.74. The van der Waals surface area contributed by atoms with Crippen molar-refractivity contribution in [2.45, 2.75) is 25.4 Å². The first-order chi connectivity index (χ1) is 15.5. The Morgan fingerprint density at radius 1 is 1.28 bits per heavy atom. The van der Waals surface area contributed by atoms with Crippen molar-refractivity contribution in [2.75, 3.05) is 0 Å². The second kappa shape index (κ2) is 10.9. The molecule has 0 saturated heterocycles. The van der Waals surface area contributed by atoms with Crippen molar-refractivity contribution in [1.29, 1.82) is 5.26 Å². The Morgan fingerprint density at radius 2 is 2.06 bits per heavy atom. The Morgan fingerprint density at radius 3 is 2.72 bits per heavy atom. The molecule has 3 aromatic rings. The molecule has 2 atom stereocenters. The summed E-state index contributed by atoms with van der Waals surface area (Å²) in [6, 6.07) is 18.4. The van der Waals surface area contributed by atoms with Crippen LogP contribution in [0.5, 0.6) is 0 Å². The fourth-order valence-corrected chi connectivity index (χ4v) is 3.05.